The lowest BCUT2D eigenvalue weighted by molar-refractivity contribution is 0.112. The predicted octanol–water partition coefficient (Wildman–Crippen LogP) is 2.64. The van der Waals surface area contributed by atoms with Gasteiger partial charge in [0.1, 0.15) is 17.6 Å². The lowest BCUT2D eigenvalue weighted by Gasteiger charge is -2.08. The first-order valence-electron chi connectivity index (χ1n) is 5.75. The summed E-state index contributed by atoms with van der Waals surface area (Å²) in [5.74, 6) is 1.07. The highest BCUT2D eigenvalue weighted by molar-refractivity contribution is 5.84. The van der Waals surface area contributed by atoms with Crippen molar-refractivity contribution in [1.29, 1.82) is 0 Å². The van der Waals surface area contributed by atoms with Gasteiger partial charge in [0.2, 0.25) is 5.43 Å². The van der Waals surface area contributed by atoms with Crippen LogP contribution < -0.4 is 10.2 Å². The summed E-state index contributed by atoms with van der Waals surface area (Å²) in [7, 11) is 0. The Bertz CT molecular complexity index is 625. The summed E-state index contributed by atoms with van der Waals surface area (Å²) < 4.78 is 10.8. The second kappa shape index (κ2) is 5.04. The molecule has 1 heterocycles. The molecule has 0 saturated carbocycles. The van der Waals surface area contributed by atoms with Gasteiger partial charge in [-0.2, -0.15) is 0 Å². The van der Waals surface area contributed by atoms with Crippen LogP contribution in [0.2, 0.25) is 0 Å². The summed E-state index contributed by atoms with van der Waals surface area (Å²) in [5, 5.41) is 0.386. The Morgan fingerprint density at radius 3 is 2.83 bits per heavy atom. The molecule has 1 aromatic carbocycles. The molecule has 0 unspecified atom stereocenters. The number of hydrogen-bond donors (Lipinski definition) is 0. The van der Waals surface area contributed by atoms with E-state index in [2.05, 4.69) is 13.8 Å². The van der Waals surface area contributed by atoms with Crippen LogP contribution in [-0.2, 0) is 0 Å². The summed E-state index contributed by atoms with van der Waals surface area (Å²) in [6.45, 7) is 4.71. The van der Waals surface area contributed by atoms with Gasteiger partial charge in [0, 0.05) is 6.07 Å². The number of fused-ring (bicyclic) bond motifs is 1. The van der Waals surface area contributed by atoms with Crippen LogP contribution in [-0.4, -0.2) is 12.9 Å². The molecule has 4 nitrogen and oxygen atoms in total. The first kappa shape index (κ1) is 12.4. The van der Waals surface area contributed by atoms with Crippen molar-refractivity contribution in [2.75, 3.05) is 6.61 Å². The molecule has 0 bridgehead atoms. The third kappa shape index (κ3) is 2.42. The number of ether oxygens (including phenoxy) is 1. The Kier molecular flexibility index (Phi) is 3.46. The van der Waals surface area contributed by atoms with Crippen molar-refractivity contribution in [2.45, 2.75) is 13.8 Å². The molecule has 94 valence electrons. The highest BCUT2D eigenvalue weighted by Crippen LogP contribution is 2.19. The van der Waals surface area contributed by atoms with Crippen molar-refractivity contribution >= 4 is 17.3 Å². The van der Waals surface area contributed by atoms with E-state index in [4.69, 9.17) is 9.15 Å². The third-order valence-corrected chi connectivity index (χ3v) is 2.48. The molecular weight excluding hydrogens is 232 g/mol. The summed E-state index contributed by atoms with van der Waals surface area (Å²) in [5.41, 5.74) is 0.131. The number of carbonyl (C=O) groups excluding carboxylic acids is 1. The molecule has 0 aliphatic carbocycles. The van der Waals surface area contributed by atoms with E-state index >= 15 is 0 Å². The average Bonchev–Trinajstić information content (AvgIpc) is 2.37. The molecule has 0 aliphatic heterocycles. The van der Waals surface area contributed by atoms with Crippen molar-refractivity contribution in [1.82, 2.24) is 0 Å². The van der Waals surface area contributed by atoms with E-state index in [1.807, 2.05) is 0 Å². The van der Waals surface area contributed by atoms with Crippen LogP contribution in [0.3, 0.4) is 0 Å². The standard InChI is InChI=1S/C14H14O4/c1-9(2)7-17-11-3-4-12-13(5-11)18-8-10(6-15)14(12)16/h3-6,8-9H,7H2,1-2H3. The summed E-state index contributed by atoms with van der Waals surface area (Å²) in [6, 6.07) is 4.98. The minimum atomic E-state index is -0.318. The van der Waals surface area contributed by atoms with E-state index in [1.54, 1.807) is 18.2 Å². The van der Waals surface area contributed by atoms with Gasteiger partial charge in [-0.3, -0.25) is 9.59 Å². The van der Waals surface area contributed by atoms with Crippen LogP contribution in [0.1, 0.15) is 24.2 Å². The first-order valence-corrected chi connectivity index (χ1v) is 5.75. The van der Waals surface area contributed by atoms with E-state index in [0.29, 0.717) is 35.5 Å². The minimum Gasteiger partial charge on any atom is -0.493 e. The summed E-state index contributed by atoms with van der Waals surface area (Å²) in [6.07, 6.45) is 1.67. The predicted molar refractivity (Wildman–Crippen MR) is 68.2 cm³/mol. The normalized spacial score (nSPS) is 10.8. The van der Waals surface area contributed by atoms with Crippen molar-refractivity contribution < 1.29 is 13.9 Å². The molecule has 0 N–H and O–H groups in total. The number of benzene rings is 1. The van der Waals surface area contributed by atoms with Crippen molar-refractivity contribution in [3.63, 3.8) is 0 Å². The second-order valence-electron chi connectivity index (χ2n) is 4.50. The largest absolute Gasteiger partial charge is 0.493 e. The number of hydrogen-bond acceptors (Lipinski definition) is 4. The smallest absolute Gasteiger partial charge is 0.203 e. The fraction of sp³-hybridized carbons (Fsp3) is 0.286. The molecule has 2 aromatic rings. The number of aldehydes is 1. The Hall–Kier alpha value is -2.10. The van der Waals surface area contributed by atoms with Gasteiger partial charge in [0.25, 0.3) is 0 Å². The quantitative estimate of drug-likeness (QED) is 0.778. The van der Waals surface area contributed by atoms with Crippen molar-refractivity contribution in [3.05, 3.63) is 40.2 Å². The van der Waals surface area contributed by atoms with Crippen molar-refractivity contribution in [2.24, 2.45) is 5.92 Å². The van der Waals surface area contributed by atoms with Crippen LogP contribution >= 0.6 is 0 Å². The molecule has 0 radical (unpaired) electrons. The molecule has 4 heteroatoms. The van der Waals surface area contributed by atoms with Crippen LogP contribution in [0, 0.1) is 5.92 Å². The minimum absolute atomic E-state index is 0.0262. The molecule has 18 heavy (non-hydrogen) atoms. The highest BCUT2D eigenvalue weighted by Gasteiger charge is 2.07. The van der Waals surface area contributed by atoms with Gasteiger partial charge in [-0.05, 0) is 18.1 Å². The van der Waals surface area contributed by atoms with Crippen molar-refractivity contribution in [3.8, 4) is 5.75 Å². The zero-order valence-electron chi connectivity index (χ0n) is 10.3. The lowest BCUT2D eigenvalue weighted by Crippen LogP contribution is -2.08. The van der Waals surface area contributed by atoms with E-state index < -0.39 is 0 Å². The molecule has 0 fully saturated rings. The lowest BCUT2D eigenvalue weighted by atomic mass is 10.2. The maximum absolute atomic E-state index is 11.8. The summed E-state index contributed by atoms with van der Waals surface area (Å²) >= 11 is 0. The number of carbonyl (C=O) groups is 1. The van der Waals surface area contributed by atoms with Gasteiger partial charge in [-0.1, -0.05) is 13.8 Å². The highest BCUT2D eigenvalue weighted by atomic mass is 16.5. The van der Waals surface area contributed by atoms with Crippen LogP contribution in [0.4, 0.5) is 0 Å². The van der Waals surface area contributed by atoms with Gasteiger partial charge >= 0.3 is 0 Å². The Morgan fingerprint density at radius 1 is 1.39 bits per heavy atom. The van der Waals surface area contributed by atoms with Crippen LogP contribution in [0.15, 0.2) is 33.7 Å². The van der Waals surface area contributed by atoms with E-state index in [-0.39, 0.29) is 11.0 Å². The second-order valence-corrected chi connectivity index (χ2v) is 4.50. The monoisotopic (exact) mass is 246 g/mol. The van der Waals surface area contributed by atoms with E-state index in [1.165, 1.54) is 6.26 Å². The van der Waals surface area contributed by atoms with Gasteiger partial charge in [-0.25, -0.2) is 0 Å². The SMILES string of the molecule is CC(C)COc1ccc2c(=O)c(C=O)coc2c1. The van der Waals surface area contributed by atoms with E-state index in [9.17, 15) is 9.59 Å². The van der Waals surface area contributed by atoms with Crippen LogP contribution in [0.25, 0.3) is 11.0 Å². The van der Waals surface area contributed by atoms with Gasteiger partial charge in [0.15, 0.2) is 6.29 Å². The van der Waals surface area contributed by atoms with Crippen LogP contribution in [0.5, 0.6) is 5.75 Å². The molecule has 2 rings (SSSR count). The molecule has 1 aromatic heterocycles. The van der Waals surface area contributed by atoms with Gasteiger partial charge < -0.3 is 9.15 Å². The van der Waals surface area contributed by atoms with Gasteiger partial charge in [0.05, 0.1) is 17.6 Å². The molecule has 0 atom stereocenters. The topological polar surface area (TPSA) is 56.5 Å². The third-order valence-electron chi connectivity index (χ3n) is 2.48. The molecule has 0 aliphatic rings. The average molecular weight is 246 g/mol. The zero-order chi connectivity index (χ0) is 13.1. The Labute approximate surface area is 104 Å². The first-order chi connectivity index (χ1) is 8.61. The van der Waals surface area contributed by atoms with Gasteiger partial charge in [-0.15, -0.1) is 0 Å². The Morgan fingerprint density at radius 2 is 2.17 bits per heavy atom. The zero-order valence-corrected chi connectivity index (χ0v) is 10.3. The fourth-order valence-corrected chi connectivity index (χ4v) is 1.56. The fourth-order valence-electron chi connectivity index (χ4n) is 1.56. The number of rotatable bonds is 4. The molecule has 0 saturated heterocycles. The maximum atomic E-state index is 11.8. The Balaban J connectivity index is 2.41. The molecule has 0 spiro atoms. The maximum Gasteiger partial charge on any atom is 0.203 e. The molecule has 0 amide bonds. The summed E-state index contributed by atoms with van der Waals surface area (Å²) in [4.78, 5) is 22.4. The van der Waals surface area contributed by atoms with E-state index in [0.717, 1.165) is 0 Å². The molecular formula is C14H14O4.